The molecule has 0 fully saturated rings. The highest BCUT2D eigenvalue weighted by molar-refractivity contribution is 5.25. The summed E-state index contributed by atoms with van der Waals surface area (Å²) in [6.45, 7) is 7.82. The zero-order valence-corrected chi connectivity index (χ0v) is 9.17. The summed E-state index contributed by atoms with van der Waals surface area (Å²) in [5.74, 6) is 0. The average molecular weight is 190 g/mol. The van der Waals surface area contributed by atoms with Gasteiger partial charge in [0, 0.05) is 17.4 Å². The van der Waals surface area contributed by atoms with E-state index in [1.165, 1.54) is 5.56 Å². The van der Waals surface area contributed by atoms with Gasteiger partial charge in [0.05, 0.1) is 0 Å². The molecule has 0 aliphatic carbocycles. The third-order valence-corrected chi connectivity index (χ3v) is 2.39. The molecule has 0 saturated carbocycles. The molecule has 0 saturated heterocycles. The molecule has 0 spiro atoms. The predicted octanol–water partition coefficient (Wildman–Crippen LogP) is 2.54. The minimum Gasteiger partial charge on any atom is -0.313 e. The van der Waals surface area contributed by atoms with Crippen molar-refractivity contribution in [3.8, 4) is 0 Å². The number of nitrogens with zero attached hydrogens (tertiary/aromatic N) is 1. The topological polar surface area (TPSA) is 24.9 Å². The van der Waals surface area contributed by atoms with Crippen LogP contribution in [0.1, 0.15) is 29.4 Å². The third-order valence-electron chi connectivity index (χ3n) is 2.39. The average Bonchev–Trinajstić information content (AvgIpc) is 2.15. The van der Waals surface area contributed by atoms with E-state index in [-0.39, 0.29) is 0 Å². The number of aromatic nitrogens is 1. The lowest BCUT2D eigenvalue weighted by Crippen LogP contribution is -2.17. The van der Waals surface area contributed by atoms with E-state index >= 15 is 0 Å². The van der Waals surface area contributed by atoms with Gasteiger partial charge in [-0.15, -0.1) is 6.58 Å². The fourth-order valence-corrected chi connectivity index (χ4v) is 1.63. The van der Waals surface area contributed by atoms with Gasteiger partial charge in [0.2, 0.25) is 0 Å². The minimum atomic E-state index is 0.334. The van der Waals surface area contributed by atoms with Gasteiger partial charge >= 0.3 is 0 Å². The molecule has 14 heavy (non-hydrogen) atoms. The lowest BCUT2D eigenvalue weighted by atomic mass is 10.0. The molecule has 0 aliphatic heterocycles. The normalized spacial score (nSPS) is 12.5. The molecule has 0 bridgehead atoms. The highest BCUT2D eigenvalue weighted by Crippen LogP contribution is 2.19. The summed E-state index contributed by atoms with van der Waals surface area (Å²) in [6, 6.07) is 4.53. The fraction of sp³-hybridized carbons (Fsp3) is 0.417. The Morgan fingerprint density at radius 1 is 1.50 bits per heavy atom. The summed E-state index contributed by atoms with van der Waals surface area (Å²) in [7, 11) is 1.97. The summed E-state index contributed by atoms with van der Waals surface area (Å²) in [6.07, 6.45) is 2.86. The molecule has 1 aromatic rings. The van der Waals surface area contributed by atoms with E-state index < -0.39 is 0 Å². The van der Waals surface area contributed by atoms with Crippen LogP contribution in [-0.4, -0.2) is 12.0 Å². The molecule has 2 heteroatoms. The monoisotopic (exact) mass is 190 g/mol. The van der Waals surface area contributed by atoms with Crippen molar-refractivity contribution in [2.75, 3.05) is 7.05 Å². The van der Waals surface area contributed by atoms with Gasteiger partial charge in [0.25, 0.3) is 0 Å². The van der Waals surface area contributed by atoms with Crippen LogP contribution in [0.4, 0.5) is 0 Å². The SMILES string of the molecule is C=CCC(NC)c1ccc(C)nc1C. The highest BCUT2D eigenvalue weighted by Gasteiger charge is 2.10. The maximum Gasteiger partial charge on any atom is 0.0423 e. The maximum absolute atomic E-state index is 4.45. The first kappa shape index (κ1) is 10.9. The Labute approximate surface area is 86.1 Å². The molecule has 1 rings (SSSR count). The lowest BCUT2D eigenvalue weighted by molar-refractivity contribution is 0.597. The first-order chi connectivity index (χ1) is 6.69. The van der Waals surface area contributed by atoms with Crippen LogP contribution in [0.3, 0.4) is 0 Å². The second kappa shape index (κ2) is 4.91. The molecule has 1 N–H and O–H groups in total. The van der Waals surface area contributed by atoms with Gasteiger partial charge in [-0.2, -0.15) is 0 Å². The number of hydrogen-bond donors (Lipinski definition) is 1. The van der Waals surface area contributed by atoms with Gasteiger partial charge in [0.1, 0.15) is 0 Å². The van der Waals surface area contributed by atoms with E-state index in [0.29, 0.717) is 6.04 Å². The van der Waals surface area contributed by atoms with Crippen molar-refractivity contribution in [2.24, 2.45) is 0 Å². The summed E-state index contributed by atoms with van der Waals surface area (Å²) in [5.41, 5.74) is 3.43. The molecule has 76 valence electrons. The second-order valence-corrected chi connectivity index (χ2v) is 3.49. The van der Waals surface area contributed by atoms with Crippen molar-refractivity contribution in [3.63, 3.8) is 0 Å². The Kier molecular flexibility index (Phi) is 3.84. The summed E-state index contributed by atoms with van der Waals surface area (Å²) >= 11 is 0. The van der Waals surface area contributed by atoms with Gasteiger partial charge < -0.3 is 5.32 Å². The molecule has 1 unspecified atom stereocenters. The van der Waals surface area contributed by atoms with Gasteiger partial charge in [0.15, 0.2) is 0 Å². The van der Waals surface area contributed by atoms with Crippen LogP contribution in [0, 0.1) is 13.8 Å². The van der Waals surface area contributed by atoms with Crippen molar-refractivity contribution < 1.29 is 0 Å². The van der Waals surface area contributed by atoms with E-state index in [0.717, 1.165) is 17.8 Å². The first-order valence-electron chi connectivity index (χ1n) is 4.91. The largest absolute Gasteiger partial charge is 0.313 e. The molecular weight excluding hydrogens is 172 g/mol. The molecule has 0 aliphatic rings. The minimum absolute atomic E-state index is 0.334. The Balaban J connectivity index is 2.97. The molecule has 0 amide bonds. The lowest BCUT2D eigenvalue weighted by Gasteiger charge is -2.16. The molecule has 1 aromatic heterocycles. The van der Waals surface area contributed by atoms with Crippen LogP contribution >= 0.6 is 0 Å². The molecule has 1 atom stereocenters. The van der Waals surface area contributed by atoms with Crippen molar-refractivity contribution in [2.45, 2.75) is 26.3 Å². The predicted molar refractivity (Wildman–Crippen MR) is 60.3 cm³/mol. The van der Waals surface area contributed by atoms with Crippen LogP contribution in [0.15, 0.2) is 24.8 Å². The van der Waals surface area contributed by atoms with Crippen molar-refractivity contribution in [3.05, 3.63) is 41.7 Å². The molecule has 0 radical (unpaired) electrons. The number of hydrogen-bond acceptors (Lipinski definition) is 2. The standard InChI is InChI=1S/C12H18N2/c1-5-6-12(13-4)11-8-7-9(2)14-10(11)3/h5,7-8,12-13H,1,6H2,2-4H3. The number of nitrogens with one attached hydrogen (secondary N) is 1. The fourth-order valence-electron chi connectivity index (χ4n) is 1.63. The Hall–Kier alpha value is -1.15. The Morgan fingerprint density at radius 3 is 2.71 bits per heavy atom. The van der Waals surface area contributed by atoms with Crippen LogP contribution in [-0.2, 0) is 0 Å². The van der Waals surface area contributed by atoms with Gasteiger partial charge in [-0.25, -0.2) is 0 Å². The van der Waals surface area contributed by atoms with Gasteiger partial charge in [-0.05, 0) is 38.9 Å². The van der Waals surface area contributed by atoms with E-state index in [9.17, 15) is 0 Å². The quantitative estimate of drug-likeness (QED) is 0.738. The smallest absolute Gasteiger partial charge is 0.0423 e. The van der Waals surface area contributed by atoms with Crippen molar-refractivity contribution in [1.29, 1.82) is 0 Å². The van der Waals surface area contributed by atoms with Crippen molar-refractivity contribution in [1.82, 2.24) is 10.3 Å². The third kappa shape index (κ3) is 2.42. The zero-order valence-electron chi connectivity index (χ0n) is 9.17. The number of aryl methyl sites for hydroxylation is 2. The maximum atomic E-state index is 4.45. The van der Waals surface area contributed by atoms with Crippen LogP contribution in [0.2, 0.25) is 0 Å². The highest BCUT2D eigenvalue weighted by atomic mass is 14.9. The number of pyridine rings is 1. The van der Waals surface area contributed by atoms with Crippen molar-refractivity contribution >= 4 is 0 Å². The Bertz CT molecular complexity index is 318. The van der Waals surface area contributed by atoms with Crippen LogP contribution in [0.25, 0.3) is 0 Å². The zero-order chi connectivity index (χ0) is 10.6. The molecule has 1 heterocycles. The van der Waals surface area contributed by atoms with E-state index in [2.05, 4.69) is 35.9 Å². The van der Waals surface area contributed by atoms with E-state index in [4.69, 9.17) is 0 Å². The molecule has 0 aromatic carbocycles. The molecule has 2 nitrogen and oxygen atoms in total. The summed E-state index contributed by atoms with van der Waals surface area (Å²) in [5, 5.41) is 3.27. The van der Waals surface area contributed by atoms with Crippen LogP contribution in [0.5, 0.6) is 0 Å². The van der Waals surface area contributed by atoms with Gasteiger partial charge in [-0.1, -0.05) is 12.1 Å². The Morgan fingerprint density at radius 2 is 2.21 bits per heavy atom. The molecular formula is C12H18N2. The second-order valence-electron chi connectivity index (χ2n) is 3.49. The van der Waals surface area contributed by atoms with Crippen LogP contribution < -0.4 is 5.32 Å². The summed E-state index contributed by atoms with van der Waals surface area (Å²) < 4.78 is 0. The van der Waals surface area contributed by atoms with E-state index in [1.807, 2.05) is 20.0 Å². The number of rotatable bonds is 4. The first-order valence-corrected chi connectivity index (χ1v) is 4.91. The van der Waals surface area contributed by atoms with Gasteiger partial charge in [-0.3, -0.25) is 4.98 Å². The summed E-state index contributed by atoms with van der Waals surface area (Å²) in [4.78, 5) is 4.45. The van der Waals surface area contributed by atoms with E-state index in [1.54, 1.807) is 0 Å².